The van der Waals surface area contributed by atoms with Crippen LogP contribution < -0.4 is 5.32 Å². The largest absolute Gasteiger partial charge is 0.466 e. The van der Waals surface area contributed by atoms with Gasteiger partial charge in [-0.15, -0.1) is 0 Å². The van der Waals surface area contributed by atoms with Gasteiger partial charge in [-0.25, -0.2) is 0 Å². The van der Waals surface area contributed by atoms with Gasteiger partial charge in [-0.05, 0) is 46.0 Å². The molecule has 1 aliphatic carbocycles. The highest BCUT2D eigenvalue weighted by atomic mass is 16.5. The van der Waals surface area contributed by atoms with Crippen molar-refractivity contribution < 1.29 is 24.2 Å². The minimum absolute atomic E-state index is 0.0265. The first-order valence-electron chi connectivity index (χ1n) is 9.24. The van der Waals surface area contributed by atoms with Crippen LogP contribution in [0.2, 0.25) is 0 Å². The van der Waals surface area contributed by atoms with E-state index in [4.69, 9.17) is 4.74 Å². The first-order chi connectivity index (χ1) is 11.5. The van der Waals surface area contributed by atoms with Gasteiger partial charge in [0, 0.05) is 24.8 Å². The molecular formula is C19H33NO5. The number of carbonyl (C=O) groups is 3. The minimum atomic E-state index is -0.836. The van der Waals surface area contributed by atoms with Crippen molar-refractivity contribution in [1.29, 1.82) is 0 Å². The zero-order chi connectivity index (χ0) is 19.2. The molecule has 6 heteroatoms. The number of amides is 1. The monoisotopic (exact) mass is 355 g/mol. The standard InChI is InChI=1S/C19H33NO5/c1-6-25-18(23)15-11-14(15)16(21)10-13(9-12(2)3)17(22)20-8-7-19(4,5)24/h12-15,24H,6-11H2,1-5H3,(H,20,22)/t13-,14+,15+/m1/s1. The van der Waals surface area contributed by atoms with Crippen molar-refractivity contribution in [2.45, 2.75) is 65.9 Å². The summed E-state index contributed by atoms with van der Waals surface area (Å²) in [5.41, 5.74) is -0.836. The summed E-state index contributed by atoms with van der Waals surface area (Å²) < 4.78 is 4.95. The lowest BCUT2D eigenvalue weighted by atomic mass is 9.90. The van der Waals surface area contributed by atoms with Crippen LogP contribution in [0.4, 0.5) is 0 Å². The van der Waals surface area contributed by atoms with Crippen LogP contribution in [0.15, 0.2) is 0 Å². The third-order valence-corrected chi connectivity index (χ3v) is 4.40. The summed E-state index contributed by atoms with van der Waals surface area (Å²) in [6.07, 6.45) is 1.77. The Hall–Kier alpha value is -1.43. The number of rotatable bonds is 11. The van der Waals surface area contributed by atoms with Gasteiger partial charge in [0.15, 0.2) is 0 Å². The fraction of sp³-hybridized carbons (Fsp3) is 0.842. The van der Waals surface area contributed by atoms with Crippen LogP contribution in [0.3, 0.4) is 0 Å². The molecule has 1 fully saturated rings. The quantitative estimate of drug-likeness (QED) is 0.554. The number of carbonyl (C=O) groups excluding carboxylic acids is 3. The Balaban J connectivity index is 2.54. The molecule has 0 aromatic rings. The SMILES string of the molecule is CCOC(=O)[C@H]1C[C@@H]1C(=O)C[C@@H](CC(C)C)C(=O)NCCC(C)(C)O. The molecule has 0 saturated heterocycles. The number of nitrogens with one attached hydrogen (secondary N) is 1. The van der Waals surface area contributed by atoms with Crippen molar-refractivity contribution in [3.05, 3.63) is 0 Å². The number of hydrogen-bond donors (Lipinski definition) is 2. The molecule has 0 bridgehead atoms. The van der Waals surface area contributed by atoms with Gasteiger partial charge < -0.3 is 15.2 Å². The van der Waals surface area contributed by atoms with Gasteiger partial charge in [-0.3, -0.25) is 14.4 Å². The lowest BCUT2D eigenvalue weighted by Gasteiger charge is -2.21. The molecular weight excluding hydrogens is 322 g/mol. The third-order valence-electron chi connectivity index (χ3n) is 4.40. The van der Waals surface area contributed by atoms with E-state index in [0.717, 1.165) is 0 Å². The lowest BCUT2D eigenvalue weighted by Crippen LogP contribution is -2.36. The molecule has 3 atom stereocenters. The van der Waals surface area contributed by atoms with E-state index in [2.05, 4.69) is 5.32 Å². The predicted octanol–water partition coefficient (Wildman–Crippen LogP) is 2.08. The zero-order valence-electron chi connectivity index (χ0n) is 16.1. The number of ketones is 1. The van der Waals surface area contributed by atoms with Crippen molar-refractivity contribution in [3.8, 4) is 0 Å². The molecule has 25 heavy (non-hydrogen) atoms. The molecule has 0 spiro atoms. The average Bonchev–Trinajstić information content (AvgIpc) is 3.25. The summed E-state index contributed by atoms with van der Waals surface area (Å²) in [6, 6.07) is 0. The maximum absolute atomic E-state index is 12.4. The van der Waals surface area contributed by atoms with E-state index in [1.165, 1.54) is 0 Å². The summed E-state index contributed by atoms with van der Waals surface area (Å²) in [7, 11) is 0. The topological polar surface area (TPSA) is 92.7 Å². The normalized spacial score (nSPS) is 20.9. The van der Waals surface area contributed by atoms with Crippen LogP contribution in [0.5, 0.6) is 0 Å². The van der Waals surface area contributed by atoms with Crippen molar-refractivity contribution in [2.24, 2.45) is 23.7 Å². The second-order valence-corrected chi connectivity index (χ2v) is 8.05. The van der Waals surface area contributed by atoms with E-state index >= 15 is 0 Å². The number of hydrogen-bond acceptors (Lipinski definition) is 5. The van der Waals surface area contributed by atoms with Gasteiger partial charge in [-0.2, -0.15) is 0 Å². The number of esters is 1. The zero-order valence-corrected chi connectivity index (χ0v) is 16.1. The molecule has 0 aromatic carbocycles. The summed E-state index contributed by atoms with van der Waals surface area (Å²) in [5.74, 6) is -1.21. The second kappa shape index (κ2) is 9.32. The van der Waals surface area contributed by atoms with Gasteiger partial charge in [0.2, 0.25) is 5.91 Å². The summed E-state index contributed by atoms with van der Waals surface area (Å²) in [6.45, 7) is 9.84. The molecule has 0 radical (unpaired) electrons. The number of aliphatic hydroxyl groups is 1. The van der Waals surface area contributed by atoms with Crippen molar-refractivity contribution in [1.82, 2.24) is 5.32 Å². The van der Waals surface area contributed by atoms with Crippen LogP contribution in [-0.4, -0.2) is 41.5 Å². The third kappa shape index (κ3) is 7.99. The molecule has 0 unspecified atom stereocenters. The molecule has 1 amide bonds. The van der Waals surface area contributed by atoms with E-state index in [-0.39, 0.29) is 41.8 Å². The summed E-state index contributed by atoms with van der Waals surface area (Å²) in [4.78, 5) is 36.5. The Morgan fingerprint density at radius 1 is 1.24 bits per heavy atom. The minimum Gasteiger partial charge on any atom is -0.466 e. The molecule has 2 N–H and O–H groups in total. The Bertz CT molecular complexity index is 481. The number of Topliss-reactive ketones (excluding diaryl/α,β-unsaturated/α-hetero) is 1. The van der Waals surface area contributed by atoms with E-state index in [9.17, 15) is 19.5 Å². The second-order valence-electron chi connectivity index (χ2n) is 8.05. The number of ether oxygens (including phenoxy) is 1. The maximum Gasteiger partial charge on any atom is 0.309 e. The van der Waals surface area contributed by atoms with Crippen LogP contribution >= 0.6 is 0 Å². The molecule has 0 aromatic heterocycles. The van der Waals surface area contributed by atoms with Gasteiger partial charge >= 0.3 is 5.97 Å². The highest BCUT2D eigenvalue weighted by Crippen LogP contribution is 2.41. The smallest absolute Gasteiger partial charge is 0.309 e. The Labute approximate surface area is 150 Å². The molecule has 0 aliphatic heterocycles. The lowest BCUT2D eigenvalue weighted by molar-refractivity contribution is -0.145. The van der Waals surface area contributed by atoms with Crippen LogP contribution in [0, 0.1) is 23.7 Å². The Morgan fingerprint density at radius 3 is 2.40 bits per heavy atom. The van der Waals surface area contributed by atoms with Gasteiger partial charge in [0.05, 0.1) is 18.1 Å². The van der Waals surface area contributed by atoms with E-state index in [1.54, 1.807) is 20.8 Å². The first-order valence-corrected chi connectivity index (χ1v) is 9.24. The molecule has 0 heterocycles. The molecule has 6 nitrogen and oxygen atoms in total. The van der Waals surface area contributed by atoms with E-state index in [1.807, 2.05) is 13.8 Å². The Kier molecular flexibility index (Phi) is 8.06. The van der Waals surface area contributed by atoms with Gasteiger partial charge in [0.1, 0.15) is 5.78 Å². The van der Waals surface area contributed by atoms with E-state index < -0.39 is 11.5 Å². The van der Waals surface area contributed by atoms with Crippen molar-refractivity contribution in [3.63, 3.8) is 0 Å². The van der Waals surface area contributed by atoms with Crippen LogP contribution in [0.25, 0.3) is 0 Å². The molecule has 144 valence electrons. The predicted molar refractivity (Wildman–Crippen MR) is 94.7 cm³/mol. The van der Waals surface area contributed by atoms with Gasteiger partial charge in [0.25, 0.3) is 0 Å². The van der Waals surface area contributed by atoms with E-state index in [0.29, 0.717) is 32.4 Å². The van der Waals surface area contributed by atoms with Crippen LogP contribution in [0.1, 0.15) is 60.3 Å². The van der Waals surface area contributed by atoms with Crippen molar-refractivity contribution in [2.75, 3.05) is 13.2 Å². The molecule has 1 rings (SSSR count). The average molecular weight is 355 g/mol. The fourth-order valence-corrected chi connectivity index (χ4v) is 2.94. The molecule has 1 saturated carbocycles. The maximum atomic E-state index is 12.4. The van der Waals surface area contributed by atoms with Gasteiger partial charge in [-0.1, -0.05) is 13.8 Å². The Morgan fingerprint density at radius 2 is 1.88 bits per heavy atom. The fourth-order valence-electron chi connectivity index (χ4n) is 2.94. The van der Waals surface area contributed by atoms with Crippen molar-refractivity contribution >= 4 is 17.7 Å². The molecule has 1 aliphatic rings. The summed E-state index contributed by atoms with van der Waals surface area (Å²) in [5, 5.41) is 12.5. The highest BCUT2D eigenvalue weighted by molar-refractivity contribution is 5.94. The summed E-state index contributed by atoms with van der Waals surface area (Å²) >= 11 is 0. The highest BCUT2D eigenvalue weighted by Gasteiger charge is 2.49. The first kappa shape index (κ1) is 21.6. The van der Waals surface area contributed by atoms with Crippen LogP contribution in [-0.2, 0) is 19.1 Å².